The minimum atomic E-state index is -0.184. The summed E-state index contributed by atoms with van der Waals surface area (Å²) in [6.45, 7) is 2.55. The molecule has 0 unspecified atom stereocenters. The predicted octanol–water partition coefficient (Wildman–Crippen LogP) is 1.37. The Labute approximate surface area is 121 Å². The van der Waals surface area contributed by atoms with E-state index >= 15 is 0 Å². The Morgan fingerprint density at radius 3 is 2.50 bits per heavy atom. The number of hydrogen-bond donors (Lipinski definition) is 3. The molecule has 1 atom stereocenters. The van der Waals surface area contributed by atoms with Gasteiger partial charge in [-0.05, 0) is 37.5 Å². The Kier molecular flexibility index (Phi) is 6.87. The Morgan fingerprint density at radius 1 is 1.30 bits per heavy atom. The van der Waals surface area contributed by atoms with Gasteiger partial charge in [0.1, 0.15) is 0 Å². The number of carbonyl (C=O) groups is 1. The van der Waals surface area contributed by atoms with E-state index in [1.165, 1.54) is 5.56 Å². The van der Waals surface area contributed by atoms with Gasteiger partial charge in [-0.3, -0.25) is 0 Å². The summed E-state index contributed by atoms with van der Waals surface area (Å²) in [5, 5.41) is 14.4. The smallest absolute Gasteiger partial charge is 0.315 e. The van der Waals surface area contributed by atoms with Gasteiger partial charge >= 0.3 is 6.03 Å². The van der Waals surface area contributed by atoms with Gasteiger partial charge in [0.05, 0.1) is 0 Å². The van der Waals surface area contributed by atoms with Crippen molar-refractivity contribution in [1.29, 1.82) is 0 Å². The number of carbonyl (C=O) groups excluding carboxylic acids is 1. The molecule has 0 aliphatic carbocycles. The molecule has 2 amide bonds. The highest BCUT2D eigenvalue weighted by molar-refractivity contribution is 5.74. The van der Waals surface area contributed by atoms with Gasteiger partial charge in [-0.1, -0.05) is 12.1 Å². The highest BCUT2D eigenvalue weighted by atomic mass is 16.3. The number of aliphatic hydroxyl groups is 1. The van der Waals surface area contributed by atoms with Crippen molar-refractivity contribution in [3.05, 3.63) is 29.8 Å². The quantitative estimate of drug-likeness (QED) is 0.706. The van der Waals surface area contributed by atoms with Crippen molar-refractivity contribution in [1.82, 2.24) is 10.6 Å². The van der Waals surface area contributed by atoms with E-state index in [4.69, 9.17) is 5.11 Å². The number of nitrogens with one attached hydrogen (secondary N) is 2. The molecule has 1 aromatic rings. The molecule has 5 heteroatoms. The second-order valence-electron chi connectivity index (χ2n) is 5.12. The van der Waals surface area contributed by atoms with E-state index in [1.54, 1.807) is 0 Å². The molecule has 0 bridgehead atoms. The normalized spacial score (nSPS) is 11.8. The zero-order valence-electron chi connectivity index (χ0n) is 12.5. The van der Waals surface area contributed by atoms with E-state index in [9.17, 15) is 4.79 Å². The van der Waals surface area contributed by atoms with Gasteiger partial charge in [-0.15, -0.1) is 0 Å². The summed E-state index contributed by atoms with van der Waals surface area (Å²) < 4.78 is 0. The van der Waals surface area contributed by atoms with Crippen LogP contribution >= 0.6 is 0 Å². The molecular formula is C15H25N3O2. The van der Waals surface area contributed by atoms with Crippen molar-refractivity contribution in [3.63, 3.8) is 0 Å². The zero-order chi connectivity index (χ0) is 15.0. The van der Waals surface area contributed by atoms with Crippen LogP contribution in [0, 0.1) is 0 Å². The van der Waals surface area contributed by atoms with Gasteiger partial charge in [0.25, 0.3) is 0 Å². The van der Waals surface area contributed by atoms with Crippen molar-refractivity contribution >= 4 is 11.7 Å². The highest BCUT2D eigenvalue weighted by Crippen LogP contribution is 2.12. The third kappa shape index (κ3) is 5.93. The molecule has 0 radical (unpaired) electrons. The summed E-state index contributed by atoms with van der Waals surface area (Å²) in [5.74, 6) is 0. The van der Waals surface area contributed by atoms with Crippen LogP contribution in [0.1, 0.15) is 18.9 Å². The van der Waals surface area contributed by atoms with Crippen LogP contribution in [-0.4, -0.2) is 44.4 Å². The molecule has 0 fully saturated rings. The fraction of sp³-hybridized carbons (Fsp3) is 0.533. The van der Waals surface area contributed by atoms with Gasteiger partial charge < -0.3 is 20.6 Å². The average molecular weight is 279 g/mol. The molecule has 1 aromatic carbocycles. The lowest BCUT2D eigenvalue weighted by Gasteiger charge is -2.14. The van der Waals surface area contributed by atoms with Crippen LogP contribution < -0.4 is 15.5 Å². The van der Waals surface area contributed by atoms with Gasteiger partial charge in [-0.25, -0.2) is 4.79 Å². The molecule has 5 nitrogen and oxygen atoms in total. The van der Waals surface area contributed by atoms with Crippen LogP contribution in [0.4, 0.5) is 10.5 Å². The largest absolute Gasteiger partial charge is 0.396 e. The van der Waals surface area contributed by atoms with E-state index in [2.05, 4.69) is 39.8 Å². The second-order valence-corrected chi connectivity index (χ2v) is 5.12. The van der Waals surface area contributed by atoms with E-state index in [0.717, 1.165) is 12.1 Å². The summed E-state index contributed by atoms with van der Waals surface area (Å²) in [6.07, 6.45) is 1.37. The molecule has 3 N–H and O–H groups in total. The molecule has 1 rings (SSSR count). The molecule has 0 aromatic heterocycles. The number of amides is 2. The molecule has 0 heterocycles. The minimum Gasteiger partial charge on any atom is -0.396 e. The molecule has 0 saturated carbocycles. The van der Waals surface area contributed by atoms with Crippen molar-refractivity contribution < 1.29 is 9.90 Å². The standard InChI is InChI=1S/C15H25N3O2/c1-12(9-11-19)17-15(20)16-10-8-13-4-6-14(7-5-13)18(2)3/h4-7,12,19H,8-11H2,1-3H3,(H2,16,17,20)/t12-/m1/s1. The van der Waals surface area contributed by atoms with Crippen LogP contribution in [0.5, 0.6) is 0 Å². The van der Waals surface area contributed by atoms with E-state index in [-0.39, 0.29) is 18.7 Å². The van der Waals surface area contributed by atoms with Crippen LogP contribution in [0.2, 0.25) is 0 Å². The van der Waals surface area contributed by atoms with Gasteiger partial charge in [-0.2, -0.15) is 0 Å². The number of aliphatic hydroxyl groups excluding tert-OH is 1. The Morgan fingerprint density at radius 2 is 1.95 bits per heavy atom. The number of rotatable bonds is 7. The van der Waals surface area contributed by atoms with Crippen LogP contribution in [0.25, 0.3) is 0 Å². The molecular weight excluding hydrogens is 254 g/mol. The maximum atomic E-state index is 11.6. The number of benzene rings is 1. The minimum absolute atomic E-state index is 0.0145. The van der Waals surface area contributed by atoms with E-state index < -0.39 is 0 Å². The molecule has 112 valence electrons. The van der Waals surface area contributed by atoms with Crippen LogP contribution in [0.15, 0.2) is 24.3 Å². The molecule has 0 aliphatic rings. The van der Waals surface area contributed by atoms with Crippen molar-refractivity contribution in [2.45, 2.75) is 25.8 Å². The summed E-state index contributed by atoms with van der Waals surface area (Å²) in [7, 11) is 4.02. The summed E-state index contributed by atoms with van der Waals surface area (Å²) in [5.41, 5.74) is 2.36. The fourth-order valence-electron chi connectivity index (χ4n) is 1.82. The summed E-state index contributed by atoms with van der Waals surface area (Å²) in [4.78, 5) is 13.6. The van der Waals surface area contributed by atoms with Crippen molar-refractivity contribution in [3.8, 4) is 0 Å². The van der Waals surface area contributed by atoms with Crippen molar-refractivity contribution in [2.24, 2.45) is 0 Å². The third-order valence-corrected chi connectivity index (χ3v) is 3.09. The maximum absolute atomic E-state index is 11.6. The monoisotopic (exact) mass is 279 g/mol. The molecule has 0 saturated heterocycles. The van der Waals surface area contributed by atoms with Crippen LogP contribution in [-0.2, 0) is 6.42 Å². The lowest BCUT2D eigenvalue weighted by Crippen LogP contribution is -2.41. The van der Waals surface area contributed by atoms with Crippen LogP contribution in [0.3, 0.4) is 0 Å². The van der Waals surface area contributed by atoms with Crippen molar-refractivity contribution in [2.75, 3.05) is 32.1 Å². The topological polar surface area (TPSA) is 64.6 Å². The lowest BCUT2D eigenvalue weighted by atomic mass is 10.1. The van der Waals surface area contributed by atoms with E-state index in [1.807, 2.05) is 21.0 Å². The summed E-state index contributed by atoms with van der Waals surface area (Å²) >= 11 is 0. The number of nitrogens with zero attached hydrogens (tertiary/aromatic N) is 1. The highest BCUT2D eigenvalue weighted by Gasteiger charge is 2.05. The third-order valence-electron chi connectivity index (χ3n) is 3.09. The first kappa shape index (κ1) is 16.3. The van der Waals surface area contributed by atoms with E-state index in [0.29, 0.717) is 13.0 Å². The first-order chi connectivity index (χ1) is 9.52. The number of anilines is 1. The maximum Gasteiger partial charge on any atom is 0.315 e. The predicted molar refractivity (Wildman–Crippen MR) is 82.2 cm³/mol. The second kappa shape index (κ2) is 8.43. The zero-order valence-corrected chi connectivity index (χ0v) is 12.5. The number of urea groups is 1. The molecule has 20 heavy (non-hydrogen) atoms. The Hall–Kier alpha value is -1.75. The lowest BCUT2D eigenvalue weighted by molar-refractivity contribution is 0.231. The first-order valence-corrected chi connectivity index (χ1v) is 6.94. The van der Waals surface area contributed by atoms with Gasteiger partial charge in [0.2, 0.25) is 0 Å². The molecule has 0 aliphatic heterocycles. The first-order valence-electron chi connectivity index (χ1n) is 6.94. The summed E-state index contributed by atoms with van der Waals surface area (Å²) in [6, 6.07) is 8.08. The number of hydrogen-bond acceptors (Lipinski definition) is 3. The SMILES string of the molecule is C[C@H](CCO)NC(=O)NCCc1ccc(N(C)C)cc1. The molecule has 0 spiro atoms. The Bertz CT molecular complexity index is 404. The van der Waals surface area contributed by atoms with Gasteiger partial charge in [0.15, 0.2) is 0 Å². The van der Waals surface area contributed by atoms with Gasteiger partial charge in [0, 0.05) is 39.0 Å². The Balaban J connectivity index is 2.28. The average Bonchev–Trinajstić information content (AvgIpc) is 2.39. The fourth-order valence-corrected chi connectivity index (χ4v) is 1.82.